The lowest BCUT2D eigenvalue weighted by atomic mass is 10.0. The number of hydrogen-bond acceptors (Lipinski definition) is 6. The van der Waals surface area contributed by atoms with Gasteiger partial charge in [-0.1, -0.05) is 265 Å². The lowest BCUT2D eigenvalue weighted by Crippen LogP contribution is -2.30. The summed E-state index contributed by atoms with van der Waals surface area (Å²) in [6, 6.07) is 0. The highest BCUT2D eigenvalue weighted by Crippen LogP contribution is 2.16. The molecule has 0 spiro atoms. The first-order chi connectivity index (χ1) is 37.5. The van der Waals surface area contributed by atoms with Crippen molar-refractivity contribution in [1.29, 1.82) is 0 Å². The molecule has 0 N–H and O–H groups in total. The zero-order valence-electron chi connectivity index (χ0n) is 49.7. The standard InChI is InChI=1S/C70H118O6/c1-4-7-10-13-16-19-22-25-28-30-32-33-34-35-36-37-39-40-42-45-48-51-54-57-60-63-69(72)75-66-67(65-74-68(71)62-59-56-53-50-47-44-27-24-21-18-15-12-9-6-3)76-70(73)64-61-58-55-52-49-46-43-41-38-31-29-26-23-20-17-14-11-8-5-2/h8,11,15,17-18,20,22,24-27,29-30,32,38,41,46,49,67H,4-7,9-10,12-14,16,19,21,23,28,31,33-37,39-40,42-45,47-48,50-66H2,1-3H3/b11-8-,18-15-,20-17-,25-22-,27-24-,29-26-,32-30-,41-38-,49-46-. The third-order valence-corrected chi connectivity index (χ3v) is 13.5. The molecule has 0 aromatic rings. The molecule has 0 aromatic heterocycles. The van der Waals surface area contributed by atoms with Crippen LogP contribution in [0.15, 0.2) is 109 Å². The third-order valence-electron chi connectivity index (χ3n) is 13.5. The molecule has 0 saturated carbocycles. The van der Waals surface area contributed by atoms with E-state index in [-0.39, 0.29) is 37.5 Å². The van der Waals surface area contributed by atoms with Gasteiger partial charge in [-0.05, 0) is 122 Å². The van der Waals surface area contributed by atoms with Crippen molar-refractivity contribution < 1.29 is 28.6 Å². The fourth-order valence-electron chi connectivity index (χ4n) is 8.69. The van der Waals surface area contributed by atoms with E-state index in [1.165, 1.54) is 128 Å². The van der Waals surface area contributed by atoms with Crippen molar-refractivity contribution in [1.82, 2.24) is 0 Å². The highest BCUT2D eigenvalue weighted by molar-refractivity contribution is 5.71. The van der Waals surface area contributed by atoms with Crippen LogP contribution < -0.4 is 0 Å². The molecular formula is C70H118O6. The summed E-state index contributed by atoms with van der Waals surface area (Å²) in [4.78, 5) is 38.3. The number of unbranched alkanes of at least 4 members (excludes halogenated alkanes) is 28. The fourth-order valence-corrected chi connectivity index (χ4v) is 8.69. The van der Waals surface area contributed by atoms with E-state index in [0.29, 0.717) is 12.8 Å². The van der Waals surface area contributed by atoms with Gasteiger partial charge in [-0.15, -0.1) is 0 Å². The summed E-state index contributed by atoms with van der Waals surface area (Å²) in [5.74, 6) is -0.939. The zero-order chi connectivity index (χ0) is 55.0. The zero-order valence-corrected chi connectivity index (χ0v) is 49.7. The van der Waals surface area contributed by atoms with Crippen LogP contribution in [-0.2, 0) is 28.6 Å². The van der Waals surface area contributed by atoms with Crippen LogP contribution >= 0.6 is 0 Å². The number of ether oxygens (including phenoxy) is 3. The van der Waals surface area contributed by atoms with Gasteiger partial charge in [0.15, 0.2) is 6.10 Å². The molecule has 0 saturated heterocycles. The molecule has 1 atom stereocenters. The Hall–Kier alpha value is -3.93. The summed E-state index contributed by atoms with van der Waals surface area (Å²) in [5, 5.41) is 0. The van der Waals surface area contributed by atoms with Gasteiger partial charge in [0.1, 0.15) is 13.2 Å². The van der Waals surface area contributed by atoms with Crippen molar-refractivity contribution >= 4 is 17.9 Å². The van der Waals surface area contributed by atoms with Crippen molar-refractivity contribution in [3.05, 3.63) is 109 Å². The van der Waals surface area contributed by atoms with Crippen molar-refractivity contribution in [2.24, 2.45) is 0 Å². The molecule has 76 heavy (non-hydrogen) atoms. The minimum absolute atomic E-state index is 0.0969. The molecule has 0 radical (unpaired) electrons. The SMILES string of the molecule is CC/C=C\C/C=C\C/C=C\C/C=C\C/C=C\CCCCCC(=O)OC(COC(=O)CCCCCCC/C=C\C/C=C\CCCC)COC(=O)CCCCCCCCCCCCCCC/C=C\C/C=C\CCCCCCC. The van der Waals surface area contributed by atoms with Gasteiger partial charge >= 0.3 is 17.9 Å². The number of esters is 3. The molecule has 0 aliphatic carbocycles. The lowest BCUT2D eigenvalue weighted by molar-refractivity contribution is -0.167. The highest BCUT2D eigenvalue weighted by atomic mass is 16.6. The molecule has 0 amide bonds. The van der Waals surface area contributed by atoms with Crippen LogP contribution in [0.5, 0.6) is 0 Å². The van der Waals surface area contributed by atoms with Crippen LogP contribution in [0.2, 0.25) is 0 Å². The second-order valence-electron chi connectivity index (χ2n) is 20.9. The molecular weight excluding hydrogens is 937 g/mol. The molecule has 6 nitrogen and oxygen atoms in total. The first kappa shape index (κ1) is 72.1. The second kappa shape index (κ2) is 63.6. The van der Waals surface area contributed by atoms with E-state index in [2.05, 4.69) is 130 Å². The Morgan fingerprint density at radius 1 is 0.276 bits per heavy atom. The summed E-state index contributed by atoms with van der Waals surface area (Å²) in [6.45, 7) is 6.45. The van der Waals surface area contributed by atoms with E-state index in [1.54, 1.807) is 0 Å². The minimum atomic E-state index is -0.805. The average molecular weight is 1060 g/mol. The van der Waals surface area contributed by atoms with Crippen LogP contribution in [0.4, 0.5) is 0 Å². The molecule has 0 bridgehead atoms. The number of rotatable bonds is 57. The summed E-state index contributed by atoms with van der Waals surface area (Å²) < 4.78 is 16.9. The lowest BCUT2D eigenvalue weighted by Gasteiger charge is -2.18. The van der Waals surface area contributed by atoms with Crippen molar-refractivity contribution in [3.8, 4) is 0 Å². The Labute approximate surface area is 470 Å². The summed E-state index contributed by atoms with van der Waals surface area (Å²) >= 11 is 0. The quantitative estimate of drug-likeness (QED) is 0.0261. The van der Waals surface area contributed by atoms with Gasteiger partial charge in [-0.2, -0.15) is 0 Å². The first-order valence-corrected chi connectivity index (χ1v) is 31.9. The summed E-state index contributed by atoms with van der Waals surface area (Å²) in [6.07, 6.45) is 86.6. The Bertz CT molecular complexity index is 1540. The van der Waals surface area contributed by atoms with Gasteiger partial charge in [0.2, 0.25) is 0 Å². The third kappa shape index (κ3) is 60.9. The van der Waals surface area contributed by atoms with Crippen LogP contribution in [-0.4, -0.2) is 37.2 Å². The Morgan fingerprint density at radius 3 is 0.855 bits per heavy atom. The Morgan fingerprint density at radius 2 is 0.526 bits per heavy atom. The van der Waals surface area contributed by atoms with Gasteiger partial charge in [0.25, 0.3) is 0 Å². The molecule has 0 aliphatic heterocycles. The van der Waals surface area contributed by atoms with E-state index < -0.39 is 6.10 Å². The van der Waals surface area contributed by atoms with Crippen LogP contribution in [0, 0.1) is 0 Å². The largest absolute Gasteiger partial charge is 0.462 e. The normalized spacial score (nSPS) is 12.8. The molecule has 1 unspecified atom stereocenters. The average Bonchev–Trinajstić information content (AvgIpc) is 3.42. The number of carbonyl (C=O) groups excluding carboxylic acids is 3. The summed E-state index contributed by atoms with van der Waals surface area (Å²) in [7, 11) is 0. The molecule has 0 aliphatic rings. The Kier molecular flexibility index (Phi) is 60.3. The predicted octanol–water partition coefficient (Wildman–Crippen LogP) is 21.8. The van der Waals surface area contributed by atoms with Crippen molar-refractivity contribution in [3.63, 3.8) is 0 Å². The van der Waals surface area contributed by atoms with E-state index in [4.69, 9.17) is 14.2 Å². The van der Waals surface area contributed by atoms with Crippen molar-refractivity contribution in [2.75, 3.05) is 13.2 Å². The second-order valence-corrected chi connectivity index (χ2v) is 20.9. The maximum Gasteiger partial charge on any atom is 0.306 e. The van der Waals surface area contributed by atoms with Gasteiger partial charge in [-0.3, -0.25) is 14.4 Å². The molecule has 0 rings (SSSR count). The Balaban J connectivity index is 4.38. The number of carbonyl (C=O) groups is 3. The van der Waals surface area contributed by atoms with Gasteiger partial charge in [0.05, 0.1) is 0 Å². The molecule has 0 aromatic carbocycles. The molecule has 6 heteroatoms. The maximum absolute atomic E-state index is 12.9. The van der Waals surface area contributed by atoms with Gasteiger partial charge in [-0.25, -0.2) is 0 Å². The first-order valence-electron chi connectivity index (χ1n) is 31.9. The van der Waals surface area contributed by atoms with Gasteiger partial charge < -0.3 is 14.2 Å². The maximum atomic E-state index is 12.9. The van der Waals surface area contributed by atoms with Gasteiger partial charge in [0, 0.05) is 19.3 Å². The van der Waals surface area contributed by atoms with E-state index in [9.17, 15) is 14.4 Å². The van der Waals surface area contributed by atoms with E-state index >= 15 is 0 Å². The predicted molar refractivity (Wildman–Crippen MR) is 330 cm³/mol. The van der Waals surface area contributed by atoms with E-state index in [1.807, 2.05) is 0 Å². The minimum Gasteiger partial charge on any atom is -0.462 e. The number of allylic oxidation sites excluding steroid dienone is 18. The van der Waals surface area contributed by atoms with Crippen molar-refractivity contribution in [2.45, 2.75) is 303 Å². The highest BCUT2D eigenvalue weighted by Gasteiger charge is 2.19. The molecule has 434 valence electrons. The monoisotopic (exact) mass is 1050 g/mol. The smallest absolute Gasteiger partial charge is 0.306 e. The van der Waals surface area contributed by atoms with E-state index in [0.717, 1.165) is 128 Å². The topological polar surface area (TPSA) is 78.9 Å². The molecule has 0 heterocycles. The van der Waals surface area contributed by atoms with Crippen LogP contribution in [0.1, 0.15) is 297 Å². The summed E-state index contributed by atoms with van der Waals surface area (Å²) in [5.41, 5.74) is 0. The van der Waals surface area contributed by atoms with Crippen LogP contribution in [0.25, 0.3) is 0 Å². The fraction of sp³-hybridized carbons (Fsp3) is 0.700. The number of hydrogen-bond donors (Lipinski definition) is 0. The molecule has 0 fully saturated rings. The van der Waals surface area contributed by atoms with Crippen LogP contribution in [0.3, 0.4) is 0 Å².